The van der Waals surface area contributed by atoms with Crippen LogP contribution in [0.25, 0.3) is 88.0 Å². The lowest BCUT2D eigenvalue weighted by atomic mass is 9.87. The first-order valence-electron chi connectivity index (χ1n) is 19.1. The van der Waals surface area contributed by atoms with E-state index in [4.69, 9.17) is 0 Å². The van der Waals surface area contributed by atoms with Crippen molar-refractivity contribution in [2.75, 3.05) is 0 Å². The molecular weight excluding hydrogens is 665 g/mol. The minimum atomic E-state index is 0.200. The third-order valence-corrected chi connectivity index (χ3v) is 12.0. The number of rotatable bonds is 4. The molecule has 12 rings (SSSR count). The maximum Gasteiger partial charge on any atom is 0.0548 e. The second-order valence-electron chi connectivity index (χ2n) is 14.9. The molecule has 2 heterocycles. The summed E-state index contributed by atoms with van der Waals surface area (Å²) in [5.41, 5.74) is 16.4. The lowest BCUT2D eigenvalue weighted by Crippen LogP contribution is -1.99. The smallest absolute Gasteiger partial charge is 0.0548 e. The van der Waals surface area contributed by atoms with Crippen LogP contribution in [0, 0.1) is 0 Å². The summed E-state index contributed by atoms with van der Waals surface area (Å²) in [6, 6.07) is 73.9. The van der Waals surface area contributed by atoms with Gasteiger partial charge in [-0.2, -0.15) is 0 Å². The summed E-state index contributed by atoms with van der Waals surface area (Å²) in [6.45, 7) is 0. The molecule has 1 atom stereocenters. The number of para-hydroxylation sites is 3. The van der Waals surface area contributed by atoms with E-state index in [1.807, 2.05) is 0 Å². The van der Waals surface area contributed by atoms with Gasteiger partial charge in [-0.25, -0.2) is 0 Å². The Morgan fingerprint density at radius 2 is 0.891 bits per heavy atom. The summed E-state index contributed by atoms with van der Waals surface area (Å²) in [7, 11) is 0. The zero-order valence-electron chi connectivity index (χ0n) is 30.0. The number of benzene rings is 9. The molecule has 11 aromatic rings. The van der Waals surface area contributed by atoms with Crippen LogP contribution in [0.5, 0.6) is 0 Å². The van der Waals surface area contributed by atoms with Crippen molar-refractivity contribution < 1.29 is 0 Å². The molecule has 0 spiro atoms. The van der Waals surface area contributed by atoms with Crippen LogP contribution >= 0.6 is 0 Å². The minimum absolute atomic E-state index is 0.200. The van der Waals surface area contributed by atoms with E-state index >= 15 is 0 Å². The first-order valence-corrected chi connectivity index (χ1v) is 19.1. The molecule has 2 heteroatoms. The van der Waals surface area contributed by atoms with Gasteiger partial charge in [0.2, 0.25) is 0 Å². The lowest BCUT2D eigenvalue weighted by Gasteiger charge is -2.16. The number of nitrogens with zero attached hydrogens (tertiary/aromatic N) is 2. The van der Waals surface area contributed by atoms with E-state index in [0.717, 1.165) is 5.69 Å². The van der Waals surface area contributed by atoms with Crippen molar-refractivity contribution in [3.63, 3.8) is 0 Å². The predicted molar refractivity (Wildman–Crippen MR) is 231 cm³/mol. The Bertz CT molecular complexity index is 3310. The van der Waals surface area contributed by atoms with E-state index < -0.39 is 0 Å². The Balaban J connectivity index is 1.10. The first-order chi connectivity index (χ1) is 27.3. The van der Waals surface area contributed by atoms with Crippen molar-refractivity contribution in [3.8, 4) is 33.6 Å². The molecule has 0 fully saturated rings. The molecule has 0 radical (unpaired) electrons. The van der Waals surface area contributed by atoms with Crippen LogP contribution in [-0.2, 0) is 0 Å². The van der Waals surface area contributed by atoms with Crippen molar-refractivity contribution in [2.24, 2.45) is 0 Å². The molecule has 1 aliphatic rings. The topological polar surface area (TPSA) is 9.86 Å². The molecule has 0 saturated carbocycles. The molecule has 0 saturated heterocycles. The lowest BCUT2D eigenvalue weighted by molar-refractivity contribution is 1.02. The maximum absolute atomic E-state index is 2.44. The van der Waals surface area contributed by atoms with Crippen LogP contribution in [0.2, 0.25) is 0 Å². The van der Waals surface area contributed by atoms with Gasteiger partial charge in [0, 0.05) is 38.8 Å². The molecule has 2 nitrogen and oxygen atoms in total. The molecule has 0 bridgehead atoms. The summed E-state index contributed by atoms with van der Waals surface area (Å²) in [5, 5.41) is 7.65. The molecule has 256 valence electrons. The van der Waals surface area contributed by atoms with Gasteiger partial charge in [0.1, 0.15) is 0 Å². The average Bonchev–Trinajstić information content (AvgIpc) is 3.89. The summed E-state index contributed by atoms with van der Waals surface area (Å²) < 4.78 is 4.86. The van der Waals surface area contributed by atoms with Crippen LogP contribution in [-0.4, -0.2) is 9.13 Å². The quantitative estimate of drug-likeness (QED) is 0.173. The number of hydrogen-bond donors (Lipinski definition) is 0. The van der Waals surface area contributed by atoms with Gasteiger partial charge < -0.3 is 9.13 Å². The number of hydrogen-bond acceptors (Lipinski definition) is 0. The van der Waals surface area contributed by atoms with Crippen LogP contribution in [0.1, 0.15) is 22.6 Å². The third kappa shape index (κ3) is 4.43. The predicted octanol–water partition coefficient (Wildman–Crippen LogP) is 13.9. The first kappa shape index (κ1) is 30.3. The molecule has 2 aromatic heterocycles. The number of aromatic nitrogens is 2. The molecule has 1 unspecified atom stereocenters. The van der Waals surface area contributed by atoms with E-state index in [9.17, 15) is 0 Å². The van der Waals surface area contributed by atoms with Gasteiger partial charge in [-0.3, -0.25) is 0 Å². The van der Waals surface area contributed by atoms with Crippen molar-refractivity contribution in [1.29, 1.82) is 0 Å². The van der Waals surface area contributed by atoms with Crippen molar-refractivity contribution >= 4 is 54.4 Å². The van der Waals surface area contributed by atoms with E-state index in [0.29, 0.717) is 0 Å². The second-order valence-corrected chi connectivity index (χ2v) is 14.9. The Hall–Kier alpha value is -7.16. The fourth-order valence-corrected chi connectivity index (χ4v) is 9.59. The highest BCUT2D eigenvalue weighted by atomic mass is 15.0. The SMILES string of the molecule is c1ccc(-n2c3ccccc3c3c4c5cc(-c6ccc7c(c6)-c6ccccc6C7c6ccc7ccccc7c6)ccc5n(-c5ccccc5)c4ccc32)cc1. The van der Waals surface area contributed by atoms with Crippen molar-refractivity contribution in [1.82, 2.24) is 9.13 Å². The van der Waals surface area contributed by atoms with Crippen LogP contribution in [0.4, 0.5) is 0 Å². The fraction of sp³-hybridized carbons (Fsp3) is 0.0189. The van der Waals surface area contributed by atoms with E-state index in [-0.39, 0.29) is 5.92 Å². The minimum Gasteiger partial charge on any atom is -0.309 e. The fourth-order valence-electron chi connectivity index (χ4n) is 9.59. The highest BCUT2D eigenvalue weighted by molar-refractivity contribution is 6.29. The highest BCUT2D eigenvalue weighted by Crippen LogP contribution is 2.50. The van der Waals surface area contributed by atoms with E-state index in [2.05, 4.69) is 209 Å². The van der Waals surface area contributed by atoms with Crippen LogP contribution in [0.3, 0.4) is 0 Å². The molecule has 1 aliphatic carbocycles. The van der Waals surface area contributed by atoms with Crippen LogP contribution < -0.4 is 0 Å². The highest BCUT2D eigenvalue weighted by Gasteiger charge is 2.30. The summed E-state index contributed by atoms with van der Waals surface area (Å²) in [6.07, 6.45) is 0. The molecule has 0 aliphatic heterocycles. The Morgan fingerprint density at radius 3 is 1.67 bits per heavy atom. The maximum atomic E-state index is 2.44. The van der Waals surface area contributed by atoms with Gasteiger partial charge in [0.05, 0.1) is 22.1 Å². The number of fused-ring (bicyclic) bond motifs is 11. The van der Waals surface area contributed by atoms with Gasteiger partial charge in [0.25, 0.3) is 0 Å². The second kappa shape index (κ2) is 11.7. The zero-order valence-corrected chi connectivity index (χ0v) is 30.0. The molecule has 55 heavy (non-hydrogen) atoms. The monoisotopic (exact) mass is 698 g/mol. The molecule has 9 aromatic carbocycles. The summed E-state index contributed by atoms with van der Waals surface area (Å²) in [4.78, 5) is 0. The largest absolute Gasteiger partial charge is 0.309 e. The molecule has 0 amide bonds. The zero-order chi connectivity index (χ0) is 36.0. The summed E-state index contributed by atoms with van der Waals surface area (Å²) in [5.74, 6) is 0.200. The Kier molecular flexibility index (Phi) is 6.43. The molecular formula is C53H34N2. The molecule has 0 N–H and O–H groups in total. The van der Waals surface area contributed by atoms with Gasteiger partial charge in [-0.05, 0) is 110 Å². The van der Waals surface area contributed by atoms with Gasteiger partial charge in [-0.1, -0.05) is 140 Å². The van der Waals surface area contributed by atoms with E-state index in [1.54, 1.807) is 0 Å². The van der Waals surface area contributed by atoms with Crippen molar-refractivity contribution in [2.45, 2.75) is 5.92 Å². The van der Waals surface area contributed by atoms with Gasteiger partial charge >= 0.3 is 0 Å². The van der Waals surface area contributed by atoms with Crippen molar-refractivity contribution in [3.05, 3.63) is 217 Å². The third-order valence-electron chi connectivity index (χ3n) is 12.0. The summed E-state index contributed by atoms with van der Waals surface area (Å²) >= 11 is 0. The van der Waals surface area contributed by atoms with Gasteiger partial charge in [-0.15, -0.1) is 0 Å². The average molecular weight is 699 g/mol. The van der Waals surface area contributed by atoms with Gasteiger partial charge in [0.15, 0.2) is 0 Å². The standard InChI is InChI=1S/C53H34N2/c1-3-15-39(16-4-1)54-47-22-12-11-21-44(47)52-49(54)29-30-50-53(52)46-33-37(26-28-48(46)55(50)40-17-5-2-6-18-40)36-25-27-43-45(32-36)41-19-9-10-20-42(41)51(43)38-24-23-34-13-7-8-14-35(34)31-38/h1-33,51H. The Morgan fingerprint density at radius 1 is 0.327 bits per heavy atom. The van der Waals surface area contributed by atoms with Crippen LogP contribution in [0.15, 0.2) is 200 Å². The Labute approximate surface area is 318 Å². The van der Waals surface area contributed by atoms with E-state index in [1.165, 1.54) is 99.0 Å². The normalized spacial score (nSPS) is 13.6.